The Labute approximate surface area is 130 Å². The number of carbonyl (C=O) groups excluding carboxylic acids is 1. The fourth-order valence-electron chi connectivity index (χ4n) is 2.13. The van der Waals surface area contributed by atoms with Crippen molar-refractivity contribution in [3.63, 3.8) is 0 Å². The van der Waals surface area contributed by atoms with E-state index in [-0.39, 0.29) is 12.5 Å². The van der Waals surface area contributed by atoms with E-state index < -0.39 is 12.1 Å². The first-order valence-corrected chi connectivity index (χ1v) is 7.55. The van der Waals surface area contributed by atoms with Gasteiger partial charge in [0, 0.05) is 19.6 Å². The minimum atomic E-state index is -1.21. The number of rotatable bonds is 10. The summed E-state index contributed by atoms with van der Waals surface area (Å²) in [5.41, 5.74) is 0.902. The molecule has 0 fully saturated rings. The Kier molecular flexibility index (Phi) is 8.67. The molecule has 1 aromatic carbocycles. The van der Waals surface area contributed by atoms with Crippen molar-refractivity contribution in [3.8, 4) is 0 Å². The van der Waals surface area contributed by atoms with E-state index in [4.69, 9.17) is 10.2 Å². The molecule has 1 atom stereocenters. The lowest BCUT2D eigenvalue weighted by molar-refractivity contribution is -0.123. The predicted octanol–water partition coefficient (Wildman–Crippen LogP) is 1.53. The van der Waals surface area contributed by atoms with E-state index >= 15 is 0 Å². The van der Waals surface area contributed by atoms with Crippen LogP contribution >= 0.6 is 0 Å². The van der Waals surface area contributed by atoms with E-state index in [0.29, 0.717) is 13.0 Å². The maximum Gasteiger partial charge on any atom is 0.405 e. The van der Waals surface area contributed by atoms with Crippen LogP contribution in [-0.4, -0.2) is 41.4 Å². The second-order valence-corrected chi connectivity index (χ2v) is 5.12. The maximum absolute atomic E-state index is 12.1. The first kappa shape index (κ1) is 18.0. The molecule has 1 unspecified atom stereocenters. The standard InChI is InChI=1S/C16H24N2O4/c19-11-7-2-1-6-10-17-15(20)14(18-16(21)22)12-13-8-4-3-5-9-13/h3-5,8-9,14,18-19H,1-2,6-7,10-12H2,(H,17,20)(H,21,22). The SMILES string of the molecule is O=C(O)NC(Cc1ccccc1)C(=O)NCCCCCCO. The van der Waals surface area contributed by atoms with Crippen molar-refractivity contribution in [1.82, 2.24) is 10.6 Å². The quantitative estimate of drug-likeness (QED) is 0.493. The Hall–Kier alpha value is -2.08. The van der Waals surface area contributed by atoms with Gasteiger partial charge in [-0.25, -0.2) is 4.79 Å². The molecule has 6 nitrogen and oxygen atoms in total. The molecule has 0 aliphatic rings. The smallest absolute Gasteiger partial charge is 0.405 e. The highest BCUT2D eigenvalue weighted by atomic mass is 16.4. The monoisotopic (exact) mass is 308 g/mol. The molecule has 6 heteroatoms. The number of hydrogen-bond acceptors (Lipinski definition) is 3. The number of unbranched alkanes of at least 4 members (excludes halogenated alkanes) is 3. The molecule has 122 valence electrons. The minimum absolute atomic E-state index is 0.189. The van der Waals surface area contributed by atoms with Gasteiger partial charge in [-0.2, -0.15) is 0 Å². The van der Waals surface area contributed by atoms with Crippen LogP contribution in [0.3, 0.4) is 0 Å². The third kappa shape index (κ3) is 7.64. The molecular weight excluding hydrogens is 284 g/mol. The number of aliphatic hydroxyl groups is 1. The van der Waals surface area contributed by atoms with E-state index in [0.717, 1.165) is 31.2 Å². The molecule has 0 bridgehead atoms. The Balaban J connectivity index is 2.42. The third-order valence-electron chi connectivity index (χ3n) is 3.28. The molecule has 0 heterocycles. The predicted molar refractivity (Wildman–Crippen MR) is 83.7 cm³/mol. The largest absolute Gasteiger partial charge is 0.465 e. The van der Waals surface area contributed by atoms with Crippen molar-refractivity contribution in [2.24, 2.45) is 0 Å². The Morgan fingerprint density at radius 3 is 2.36 bits per heavy atom. The molecule has 0 saturated heterocycles. The maximum atomic E-state index is 12.1. The van der Waals surface area contributed by atoms with E-state index in [9.17, 15) is 9.59 Å². The van der Waals surface area contributed by atoms with Crippen LogP contribution in [0.2, 0.25) is 0 Å². The first-order valence-electron chi connectivity index (χ1n) is 7.55. The molecule has 22 heavy (non-hydrogen) atoms. The van der Waals surface area contributed by atoms with Crippen molar-refractivity contribution >= 4 is 12.0 Å². The summed E-state index contributed by atoms with van der Waals surface area (Å²) in [6.07, 6.45) is 2.55. The van der Waals surface area contributed by atoms with Crippen LogP contribution in [0.15, 0.2) is 30.3 Å². The van der Waals surface area contributed by atoms with E-state index in [2.05, 4.69) is 10.6 Å². The zero-order valence-corrected chi connectivity index (χ0v) is 12.6. The molecule has 0 aliphatic carbocycles. The molecule has 0 saturated carbocycles. The molecular formula is C16H24N2O4. The summed E-state index contributed by atoms with van der Waals surface area (Å²) in [5.74, 6) is -0.312. The molecule has 0 aliphatic heterocycles. The van der Waals surface area contributed by atoms with Crippen LogP contribution in [0.5, 0.6) is 0 Å². The average Bonchev–Trinajstić information content (AvgIpc) is 2.50. The van der Waals surface area contributed by atoms with Crippen LogP contribution in [0.1, 0.15) is 31.2 Å². The van der Waals surface area contributed by atoms with Gasteiger partial charge >= 0.3 is 6.09 Å². The fraction of sp³-hybridized carbons (Fsp3) is 0.500. The summed E-state index contributed by atoms with van der Waals surface area (Å²) in [6.45, 7) is 0.699. The Morgan fingerprint density at radius 2 is 1.73 bits per heavy atom. The van der Waals surface area contributed by atoms with Gasteiger partial charge in [-0.05, 0) is 18.4 Å². The lowest BCUT2D eigenvalue weighted by Gasteiger charge is -2.17. The fourth-order valence-corrected chi connectivity index (χ4v) is 2.13. The number of carboxylic acid groups (broad SMARTS) is 1. The molecule has 0 radical (unpaired) electrons. The molecule has 4 N–H and O–H groups in total. The van der Waals surface area contributed by atoms with Gasteiger partial charge < -0.3 is 20.8 Å². The number of benzene rings is 1. The number of hydrogen-bond donors (Lipinski definition) is 4. The second-order valence-electron chi connectivity index (χ2n) is 5.12. The number of nitrogens with one attached hydrogen (secondary N) is 2. The normalized spacial score (nSPS) is 11.7. The minimum Gasteiger partial charge on any atom is -0.465 e. The second kappa shape index (κ2) is 10.6. The van der Waals surface area contributed by atoms with E-state index in [1.807, 2.05) is 30.3 Å². The van der Waals surface area contributed by atoms with Gasteiger partial charge in [0.1, 0.15) is 6.04 Å². The number of carbonyl (C=O) groups is 2. The van der Waals surface area contributed by atoms with Crippen molar-refractivity contribution in [2.75, 3.05) is 13.2 Å². The zero-order chi connectivity index (χ0) is 16.2. The van der Waals surface area contributed by atoms with Gasteiger partial charge in [0.25, 0.3) is 0 Å². The van der Waals surface area contributed by atoms with Crippen LogP contribution < -0.4 is 10.6 Å². The van der Waals surface area contributed by atoms with Crippen LogP contribution in [-0.2, 0) is 11.2 Å². The molecule has 0 aromatic heterocycles. The highest BCUT2D eigenvalue weighted by Crippen LogP contribution is 2.04. The lowest BCUT2D eigenvalue weighted by Crippen LogP contribution is -2.47. The van der Waals surface area contributed by atoms with Crippen LogP contribution in [0.4, 0.5) is 4.79 Å². The molecule has 2 amide bonds. The molecule has 0 spiro atoms. The zero-order valence-electron chi connectivity index (χ0n) is 12.6. The van der Waals surface area contributed by atoms with E-state index in [1.165, 1.54) is 0 Å². The van der Waals surface area contributed by atoms with Gasteiger partial charge in [-0.1, -0.05) is 43.2 Å². The lowest BCUT2D eigenvalue weighted by atomic mass is 10.1. The summed E-state index contributed by atoms with van der Waals surface area (Å²) in [4.78, 5) is 22.9. The van der Waals surface area contributed by atoms with Crippen molar-refractivity contribution < 1.29 is 19.8 Å². The Bertz CT molecular complexity index is 451. The van der Waals surface area contributed by atoms with Crippen LogP contribution in [0, 0.1) is 0 Å². The van der Waals surface area contributed by atoms with Crippen LogP contribution in [0.25, 0.3) is 0 Å². The number of aliphatic hydroxyl groups excluding tert-OH is 1. The summed E-state index contributed by atoms with van der Waals surface area (Å²) in [6, 6.07) is 8.50. The summed E-state index contributed by atoms with van der Waals surface area (Å²) in [7, 11) is 0. The Morgan fingerprint density at radius 1 is 1.05 bits per heavy atom. The topological polar surface area (TPSA) is 98.7 Å². The summed E-state index contributed by atoms with van der Waals surface area (Å²) in [5, 5.41) is 22.6. The van der Waals surface area contributed by atoms with Crippen molar-refractivity contribution in [2.45, 2.75) is 38.1 Å². The van der Waals surface area contributed by atoms with Crippen molar-refractivity contribution in [1.29, 1.82) is 0 Å². The van der Waals surface area contributed by atoms with Gasteiger partial charge in [-0.3, -0.25) is 4.79 Å². The molecule has 1 rings (SSSR count). The third-order valence-corrected chi connectivity index (χ3v) is 3.28. The average molecular weight is 308 g/mol. The first-order chi connectivity index (χ1) is 10.6. The highest BCUT2D eigenvalue weighted by molar-refractivity contribution is 5.85. The molecule has 1 aromatic rings. The number of amides is 2. The van der Waals surface area contributed by atoms with E-state index in [1.54, 1.807) is 0 Å². The van der Waals surface area contributed by atoms with Gasteiger partial charge in [0.15, 0.2) is 0 Å². The van der Waals surface area contributed by atoms with Gasteiger partial charge in [-0.15, -0.1) is 0 Å². The van der Waals surface area contributed by atoms with Gasteiger partial charge in [0.05, 0.1) is 0 Å². The summed E-state index contributed by atoms with van der Waals surface area (Å²) < 4.78 is 0. The van der Waals surface area contributed by atoms with Gasteiger partial charge in [0.2, 0.25) is 5.91 Å². The van der Waals surface area contributed by atoms with Crippen molar-refractivity contribution in [3.05, 3.63) is 35.9 Å². The summed E-state index contributed by atoms with van der Waals surface area (Å²) >= 11 is 0. The highest BCUT2D eigenvalue weighted by Gasteiger charge is 2.20.